The van der Waals surface area contributed by atoms with E-state index >= 15 is 0 Å². The standard InChI is InChI=1S/C25H26N4O2/c1-2-29(25(30)23-13-18-6-3-4-9-21(18)28-23)20-8-5-7-19(14-20)26-15-17-10-11-24-22(12-17)27-16-31-24/h3-4,6,9-14,16,20,26,28H,2,5,7-8,15H2,1H3/t20-/m0/s1. The predicted octanol–water partition coefficient (Wildman–Crippen LogP) is 5.00. The van der Waals surface area contributed by atoms with Crippen molar-refractivity contribution in [2.24, 2.45) is 0 Å². The summed E-state index contributed by atoms with van der Waals surface area (Å²) in [6.45, 7) is 3.44. The van der Waals surface area contributed by atoms with Crippen molar-refractivity contribution in [2.45, 2.75) is 38.8 Å². The first-order valence-electron chi connectivity index (χ1n) is 10.9. The number of carbonyl (C=O) groups is 1. The minimum Gasteiger partial charge on any atom is -0.443 e. The van der Waals surface area contributed by atoms with Crippen LogP contribution in [0, 0.1) is 0 Å². The first-order valence-corrected chi connectivity index (χ1v) is 10.9. The van der Waals surface area contributed by atoms with E-state index in [9.17, 15) is 4.79 Å². The average molecular weight is 415 g/mol. The van der Waals surface area contributed by atoms with Crippen LogP contribution >= 0.6 is 0 Å². The molecule has 6 heteroatoms. The number of nitrogens with zero attached hydrogens (tertiary/aromatic N) is 2. The van der Waals surface area contributed by atoms with Crippen LogP contribution < -0.4 is 5.32 Å². The van der Waals surface area contributed by atoms with Crippen molar-refractivity contribution in [1.82, 2.24) is 20.2 Å². The van der Waals surface area contributed by atoms with Gasteiger partial charge in [-0.3, -0.25) is 4.79 Å². The highest BCUT2D eigenvalue weighted by atomic mass is 16.3. The van der Waals surface area contributed by atoms with Crippen LogP contribution in [0.15, 0.2) is 71.1 Å². The summed E-state index contributed by atoms with van der Waals surface area (Å²) in [6, 6.07) is 16.1. The average Bonchev–Trinajstić information content (AvgIpc) is 3.45. The Morgan fingerprint density at radius 2 is 2.16 bits per heavy atom. The number of benzene rings is 2. The first-order chi connectivity index (χ1) is 15.2. The smallest absolute Gasteiger partial charge is 0.270 e. The summed E-state index contributed by atoms with van der Waals surface area (Å²) < 4.78 is 5.32. The molecule has 0 fully saturated rings. The van der Waals surface area contributed by atoms with Crippen LogP contribution in [0.25, 0.3) is 22.0 Å². The Morgan fingerprint density at radius 1 is 1.26 bits per heavy atom. The number of fused-ring (bicyclic) bond motifs is 2. The Balaban J connectivity index is 1.30. The molecule has 0 saturated carbocycles. The molecule has 2 heterocycles. The van der Waals surface area contributed by atoms with Crippen molar-refractivity contribution < 1.29 is 9.21 Å². The molecular weight excluding hydrogens is 388 g/mol. The topological polar surface area (TPSA) is 74.2 Å². The van der Waals surface area contributed by atoms with E-state index in [0.29, 0.717) is 12.2 Å². The van der Waals surface area contributed by atoms with Gasteiger partial charge in [0.1, 0.15) is 11.2 Å². The van der Waals surface area contributed by atoms with Crippen molar-refractivity contribution in [2.75, 3.05) is 6.54 Å². The number of oxazole rings is 1. The minimum atomic E-state index is 0.0534. The van der Waals surface area contributed by atoms with Crippen LogP contribution in [0.1, 0.15) is 42.2 Å². The zero-order valence-corrected chi connectivity index (χ0v) is 17.6. The highest BCUT2D eigenvalue weighted by Crippen LogP contribution is 2.24. The van der Waals surface area contributed by atoms with Gasteiger partial charge in [0.15, 0.2) is 12.0 Å². The molecule has 1 aliphatic carbocycles. The molecule has 158 valence electrons. The summed E-state index contributed by atoms with van der Waals surface area (Å²) in [6.07, 6.45) is 6.74. The number of aromatic amines is 1. The molecule has 2 aromatic carbocycles. The Kier molecular flexibility index (Phi) is 5.20. The number of H-pyrrole nitrogens is 1. The Morgan fingerprint density at radius 3 is 3.03 bits per heavy atom. The van der Waals surface area contributed by atoms with E-state index in [1.165, 1.54) is 12.1 Å². The lowest BCUT2D eigenvalue weighted by molar-refractivity contribution is 0.0706. The van der Waals surface area contributed by atoms with Crippen LogP contribution in [-0.4, -0.2) is 33.4 Å². The van der Waals surface area contributed by atoms with Gasteiger partial charge >= 0.3 is 0 Å². The molecule has 0 aliphatic heterocycles. The molecule has 2 N–H and O–H groups in total. The van der Waals surface area contributed by atoms with E-state index in [1.54, 1.807) is 0 Å². The number of hydrogen-bond acceptors (Lipinski definition) is 4. The number of rotatable bonds is 6. The van der Waals surface area contributed by atoms with Gasteiger partial charge in [0.25, 0.3) is 5.91 Å². The quantitative estimate of drug-likeness (QED) is 0.466. The number of carbonyl (C=O) groups excluding carboxylic acids is 1. The Bertz CT molecular complexity index is 1220. The number of hydrogen-bond donors (Lipinski definition) is 2. The lowest BCUT2D eigenvalue weighted by Gasteiger charge is -2.32. The number of aromatic nitrogens is 2. The maximum absolute atomic E-state index is 13.3. The van der Waals surface area contributed by atoms with Crippen LogP contribution in [-0.2, 0) is 6.54 Å². The molecule has 0 radical (unpaired) electrons. The van der Waals surface area contributed by atoms with Crippen molar-refractivity contribution >= 4 is 27.9 Å². The second-order valence-corrected chi connectivity index (χ2v) is 8.02. The number of amides is 1. The summed E-state index contributed by atoms with van der Waals surface area (Å²) in [5, 5.41) is 4.62. The van der Waals surface area contributed by atoms with Crippen molar-refractivity contribution in [3.05, 3.63) is 78.0 Å². The molecule has 6 nitrogen and oxygen atoms in total. The molecule has 0 unspecified atom stereocenters. The van der Waals surface area contributed by atoms with Crippen molar-refractivity contribution in [3.63, 3.8) is 0 Å². The van der Waals surface area contributed by atoms with E-state index in [-0.39, 0.29) is 11.9 Å². The Hall–Kier alpha value is -3.54. The summed E-state index contributed by atoms with van der Waals surface area (Å²) in [7, 11) is 0. The third kappa shape index (κ3) is 3.93. The number of nitrogens with one attached hydrogen (secondary N) is 2. The fourth-order valence-electron chi connectivity index (χ4n) is 4.39. The van der Waals surface area contributed by atoms with Crippen molar-refractivity contribution in [1.29, 1.82) is 0 Å². The normalized spacial score (nSPS) is 16.4. The molecular formula is C25H26N4O2. The zero-order valence-electron chi connectivity index (χ0n) is 17.6. The van der Waals surface area contributed by atoms with Gasteiger partial charge in [-0.25, -0.2) is 4.98 Å². The second-order valence-electron chi connectivity index (χ2n) is 8.02. The highest BCUT2D eigenvalue weighted by Gasteiger charge is 2.25. The SMILES string of the molecule is CCN(C(=O)c1cc2ccccc2[nH]1)[C@@H]1C=C(NCc2ccc3ocnc3c2)CCC1. The van der Waals surface area contributed by atoms with Gasteiger partial charge in [-0.05, 0) is 62.1 Å². The number of para-hydroxylation sites is 1. The molecule has 1 aliphatic rings. The number of allylic oxidation sites excluding steroid dienone is 1. The van der Waals surface area contributed by atoms with Crippen LogP contribution in [0.5, 0.6) is 0 Å². The van der Waals surface area contributed by atoms with Crippen LogP contribution in [0.2, 0.25) is 0 Å². The van der Waals surface area contributed by atoms with E-state index < -0.39 is 0 Å². The summed E-state index contributed by atoms with van der Waals surface area (Å²) in [5.74, 6) is 0.0534. The van der Waals surface area contributed by atoms with E-state index in [4.69, 9.17) is 4.42 Å². The summed E-state index contributed by atoms with van der Waals surface area (Å²) in [5.41, 5.74) is 5.67. The van der Waals surface area contributed by atoms with Gasteiger partial charge in [-0.15, -0.1) is 0 Å². The molecule has 4 aromatic rings. The molecule has 31 heavy (non-hydrogen) atoms. The third-order valence-corrected chi connectivity index (χ3v) is 6.02. The third-order valence-electron chi connectivity index (χ3n) is 6.02. The van der Waals surface area contributed by atoms with Gasteiger partial charge in [-0.2, -0.15) is 0 Å². The minimum absolute atomic E-state index is 0.0534. The summed E-state index contributed by atoms with van der Waals surface area (Å²) in [4.78, 5) is 22.7. The fraction of sp³-hybridized carbons (Fsp3) is 0.280. The maximum Gasteiger partial charge on any atom is 0.270 e. The molecule has 0 spiro atoms. The van der Waals surface area contributed by atoms with E-state index in [2.05, 4.69) is 27.4 Å². The maximum atomic E-state index is 13.3. The molecule has 1 atom stereocenters. The van der Waals surface area contributed by atoms with Gasteiger partial charge in [0, 0.05) is 29.7 Å². The molecule has 0 bridgehead atoms. The largest absolute Gasteiger partial charge is 0.443 e. The van der Waals surface area contributed by atoms with E-state index in [0.717, 1.165) is 53.4 Å². The van der Waals surface area contributed by atoms with Crippen LogP contribution in [0.3, 0.4) is 0 Å². The van der Waals surface area contributed by atoms with Gasteiger partial charge in [0.2, 0.25) is 0 Å². The fourth-order valence-corrected chi connectivity index (χ4v) is 4.39. The second kappa shape index (κ2) is 8.30. The van der Waals surface area contributed by atoms with Gasteiger partial charge in [-0.1, -0.05) is 24.3 Å². The molecule has 0 saturated heterocycles. The number of likely N-dealkylation sites (N-methyl/N-ethyl adjacent to an activating group) is 1. The highest BCUT2D eigenvalue weighted by molar-refractivity contribution is 5.98. The van der Waals surface area contributed by atoms with E-state index in [1.807, 2.05) is 54.3 Å². The monoisotopic (exact) mass is 414 g/mol. The van der Waals surface area contributed by atoms with Crippen LogP contribution in [0.4, 0.5) is 0 Å². The lowest BCUT2D eigenvalue weighted by atomic mass is 9.98. The molecule has 2 aromatic heterocycles. The Labute approximate surface area is 181 Å². The van der Waals surface area contributed by atoms with Gasteiger partial charge < -0.3 is 19.6 Å². The molecule has 1 amide bonds. The first kappa shape index (κ1) is 19.4. The molecule has 5 rings (SSSR count). The summed E-state index contributed by atoms with van der Waals surface area (Å²) >= 11 is 0. The zero-order chi connectivity index (χ0) is 21.2. The predicted molar refractivity (Wildman–Crippen MR) is 122 cm³/mol. The lowest BCUT2D eigenvalue weighted by Crippen LogP contribution is -2.41. The van der Waals surface area contributed by atoms with Crippen molar-refractivity contribution in [3.8, 4) is 0 Å². The van der Waals surface area contributed by atoms with Gasteiger partial charge in [0.05, 0.1) is 6.04 Å².